The lowest BCUT2D eigenvalue weighted by atomic mass is 10.0. The maximum atomic E-state index is 12.8. The number of morpholine rings is 1. The summed E-state index contributed by atoms with van der Waals surface area (Å²) in [5, 5.41) is 7.86. The van der Waals surface area contributed by atoms with Crippen LogP contribution in [0.3, 0.4) is 0 Å². The second kappa shape index (κ2) is 9.33. The van der Waals surface area contributed by atoms with Gasteiger partial charge >= 0.3 is 0 Å². The van der Waals surface area contributed by atoms with Crippen molar-refractivity contribution in [2.45, 2.75) is 12.6 Å². The van der Waals surface area contributed by atoms with Crippen LogP contribution in [0.25, 0.3) is 10.2 Å². The lowest BCUT2D eigenvalue weighted by molar-refractivity contribution is -0.139. The van der Waals surface area contributed by atoms with Gasteiger partial charge in [0, 0.05) is 49.7 Å². The number of rotatable bonds is 7. The van der Waals surface area contributed by atoms with Gasteiger partial charge in [-0.2, -0.15) is 5.10 Å². The van der Waals surface area contributed by atoms with E-state index in [1.807, 2.05) is 12.1 Å². The van der Waals surface area contributed by atoms with Crippen LogP contribution in [-0.4, -0.2) is 71.4 Å². The van der Waals surface area contributed by atoms with Crippen LogP contribution in [0.5, 0.6) is 0 Å². The van der Waals surface area contributed by atoms with Crippen LogP contribution in [0.2, 0.25) is 0 Å². The molecule has 0 bridgehead atoms. The zero-order chi connectivity index (χ0) is 20.9. The van der Waals surface area contributed by atoms with Crippen molar-refractivity contribution in [1.29, 1.82) is 0 Å². The fourth-order valence-electron chi connectivity index (χ4n) is 3.47. The molecule has 0 spiro atoms. The molecule has 1 fully saturated rings. The maximum Gasteiger partial charge on any atom is 0.261 e. The van der Waals surface area contributed by atoms with Crippen molar-refractivity contribution in [1.82, 2.24) is 25.0 Å². The fraction of sp³-hybridized carbons (Fsp3) is 0.400. The second-order valence-electron chi connectivity index (χ2n) is 6.85. The number of fused-ring (bicyclic) bond motifs is 1. The number of nitrogens with one attached hydrogen (secondary N) is 1. The summed E-state index contributed by atoms with van der Waals surface area (Å²) in [5.74, 6) is -0.218. The lowest BCUT2D eigenvalue weighted by Gasteiger charge is -2.33. The van der Waals surface area contributed by atoms with Gasteiger partial charge in [-0.1, -0.05) is 6.07 Å². The fourth-order valence-corrected chi connectivity index (χ4v) is 4.58. The number of carbonyl (C=O) groups excluding carboxylic acids is 2. The van der Waals surface area contributed by atoms with Crippen LogP contribution in [0.1, 0.15) is 21.3 Å². The largest absolute Gasteiger partial charge is 0.383 e. The van der Waals surface area contributed by atoms with Crippen LogP contribution in [-0.2, 0) is 20.8 Å². The molecule has 9 nitrogen and oxygen atoms in total. The third kappa shape index (κ3) is 4.35. The van der Waals surface area contributed by atoms with Crippen molar-refractivity contribution in [2.75, 3.05) is 40.0 Å². The highest BCUT2D eigenvalue weighted by atomic mass is 32.1. The Bertz CT molecular complexity index is 1020. The Morgan fingerprint density at radius 3 is 3.07 bits per heavy atom. The monoisotopic (exact) mass is 429 g/mol. The van der Waals surface area contributed by atoms with Gasteiger partial charge in [0.05, 0.1) is 19.8 Å². The predicted octanol–water partition coefficient (Wildman–Crippen LogP) is 1.47. The Hall–Kier alpha value is -2.82. The molecule has 1 saturated heterocycles. The summed E-state index contributed by atoms with van der Waals surface area (Å²) >= 11 is 1.34. The number of aromatic nitrogens is 3. The third-order valence-electron chi connectivity index (χ3n) is 4.90. The third-order valence-corrected chi connectivity index (χ3v) is 6.03. The van der Waals surface area contributed by atoms with E-state index in [1.165, 1.54) is 11.3 Å². The number of pyridine rings is 1. The number of hydrogen-bond donors (Lipinski definition) is 1. The molecule has 1 N–H and O–H groups in total. The summed E-state index contributed by atoms with van der Waals surface area (Å²) < 4.78 is 12.6. The molecule has 0 aromatic carbocycles. The highest BCUT2D eigenvalue weighted by Gasteiger charge is 2.31. The first-order chi connectivity index (χ1) is 14.7. The minimum absolute atomic E-state index is 0.0317. The number of hydrogen-bond acceptors (Lipinski definition) is 7. The van der Waals surface area contributed by atoms with Gasteiger partial charge in [0.15, 0.2) is 0 Å². The Kier molecular flexibility index (Phi) is 6.36. The number of nitrogens with zero attached hydrogens (tertiary/aromatic N) is 4. The van der Waals surface area contributed by atoms with Crippen LogP contribution in [0, 0.1) is 0 Å². The average molecular weight is 430 g/mol. The Labute approximate surface area is 177 Å². The second-order valence-corrected chi connectivity index (χ2v) is 7.85. The lowest BCUT2D eigenvalue weighted by Crippen LogP contribution is -2.44. The van der Waals surface area contributed by atoms with E-state index in [9.17, 15) is 9.59 Å². The molecule has 4 heterocycles. The highest BCUT2D eigenvalue weighted by molar-refractivity contribution is 7.20. The molecule has 158 valence electrons. The minimum atomic E-state index is -0.401. The van der Waals surface area contributed by atoms with Crippen LogP contribution in [0.15, 0.2) is 36.8 Å². The number of thiophene rings is 1. The number of methoxy groups -OCH3 is 1. The molecule has 3 aromatic rings. The van der Waals surface area contributed by atoms with Crippen molar-refractivity contribution in [3.8, 4) is 0 Å². The summed E-state index contributed by atoms with van der Waals surface area (Å²) in [6, 6.07) is 5.57. The standard InChI is InChI=1S/C20H23N5O4S/c1-28-10-7-21-19(27)18-17(14-4-2-5-22-20(14)30-18)15-12-24(9-11-29-15)16(26)13-25-8-3-6-23-25/h2-6,8,15H,7,9-13H2,1H3,(H,21,27). The van der Waals surface area contributed by atoms with Gasteiger partial charge in [0.1, 0.15) is 22.4 Å². The Balaban J connectivity index is 1.58. The zero-order valence-corrected chi connectivity index (χ0v) is 17.4. The Morgan fingerprint density at radius 2 is 2.27 bits per heavy atom. The summed E-state index contributed by atoms with van der Waals surface area (Å²) in [6.07, 6.45) is 4.71. The molecule has 1 aliphatic heterocycles. The van der Waals surface area contributed by atoms with E-state index in [-0.39, 0.29) is 18.4 Å². The predicted molar refractivity (Wildman–Crippen MR) is 111 cm³/mol. The first-order valence-electron chi connectivity index (χ1n) is 9.68. The summed E-state index contributed by atoms with van der Waals surface area (Å²) in [7, 11) is 1.59. The average Bonchev–Trinajstić information content (AvgIpc) is 3.41. The molecule has 3 aromatic heterocycles. The van der Waals surface area contributed by atoms with Crippen molar-refractivity contribution >= 4 is 33.4 Å². The SMILES string of the molecule is COCCNC(=O)c1sc2ncccc2c1C1CN(C(=O)Cn2cccn2)CCO1. The number of ether oxygens (including phenoxy) is 2. The number of amides is 2. The smallest absolute Gasteiger partial charge is 0.261 e. The molecular weight excluding hydrogens is 406 g/mol. The molecule has 0 saturated carbocycles. The summed E-state index contributed by atoms with van der Waals surface area (Å²) in [4.78, 5) is 33.1. The molecular formula is C20H23N5O4S. The van der Waals surface area contributed by atoms with Crippen LogP contribution >= 0.6 is 11.3 Å². The van der Waals surface area contributed by atoms with Gasteiger partial charge in [-0.25, -0.2) is 4.98 Å². The van der Waals surface area contributed by atoms with Gasteiger partial charge in [0.2, 0.25) is 5.91 Å². The molecule has 1 atom stereocenters. The quantitative estimate of drug-likeness (QED) is 0.571. The minimum Gasteiger partial charge on any atom is -0.383 e. The van der Waals surface area contributed by atoms with Crippen LogP contribution in [0.4, 0.5) is 0 Å². The van der Waals surface area contributed by atoms with Gasteiger partial charge in [-0.3, -0.25) is 14.3 Å². The first kappa shape index (κ1) is 20.5. The van der Waals surface area contributed by atoms with E-state index in [0.717, 1.165) is 15.8 Å². The molecule has 30 heavy (non-hydrogen) atoms. The van der Waals surface area contributed by atoms with Crippen LogP contribution < -0.4 is 5.32 Å². The topological polar surface area (TPSA) is 98.6 Å². The van der Waals surface area contributed by atoms with E-state index in [2.05, 4.69) is 15.4 Å². The van der Waals surface area contributed by atoms with Crippen molar-refractivity contribution in [3.63, 3.8) is 0 Å². The first-order valence-corrected chi connectivity index (χ1v) is 10.5. The van der Waals surface area contributed by atoms with E-state index in [0.29, 0.717) is 37.7 Å². The van der Waals surface area contributed by atoms with Gasteiger partial charge in [-0.15, -0.1) is 11.3 Å². The molecule has 0 aliphatic carbocycles. The van der Waals surface area contributed by atoms with E-state index in [1.54, 1.807) is 41.3 Å². The van der Waals surface area contributed by atoms with Crippen molar-refractivity contribution in [2.24, 2.45) is 0 Å². The maximum absolute atomic E-state index is 12.8. The van der Waals surface area contributed by atoms with E-state index >= 15 is 0 Å². The molecule has 1 aliphatic rings. The molecule has 10 heteroatoms. The summed E-state index contributed by atoms with van der Waals surface area (Å²) in [6.45, 7) is 2.30. The van der Waals surface area contributed by atoms with Crippen molar-refractivity contribution < 1.29 is 19.1 Å². The molecule has 2 amide bonds. The zero-order valence-electron chi connectivity index (χ0n) is 16.6. The van der Waals surface area contributed by atoms with E-state index in [4.69, 9.17) is 9.47 Å². The van der Waals surface area contributed by atoms with Gasteiger partial charge in [-0.05, 0) is 12.1 Å². The van der Waals surface area contributed by atoms with Crippen molar-refractivity contribution in [3.05, 3.63) is 47.2 Å². The normalized spacial score (nSPS) is 16.7. The summed E-state index contributed by atoms with van der Waals surface area (Å²) in [5.41, 5.74) is 0.787. The Morgan fingerprint density at radius 1 is 1.37 bits per heavy atom. The molecule has 4 rings (SSSR count). The van der Waals surface area contributed by atoms with E-state index < -0.39 is 6.10 Å². The molecule has 1 unspecified atom stereocenters. The van der Waals surface area contributed by atoms with Gasteiger partial charge in [0.25, 0.3) is 5.91 Å². The van der Waals surface area contributed by atoms with Gasteiger partial charge < -0.3 is 19.7 Å². The molecule has 0 radical (unpaired) electrons. The highest BCUT2D eigenvalue weighted by Crippen LogP contribution is 2.37. The number of carbonyl (C=O) groups is 2.